The van der Waals surface area contributed by atoms with Crippen molar-refractivity contribution in [1.29, 1.82) is 0 Å². The number of Topliss-reactive ketones (excluding diaryl/α,β-unsaturated/α-hetero) is 2. The van der Waals surface area contributed by atoms with Crippen molar-refractivity contribution in [3.63, 3.8) is 0 Å². The Labute approximate surface area is 120 Å². The van der Waals surface area contributed by atoms with Crippen LogP contribution in [0.5, 0.6) is 0 Å². The molecule has 0 saturated carbocycles. The summed E-state index contributed by atoms with van der Waals surface area (Å²) in [5.41, 5.74) is 1.15. The number of methoxy groups -OCH3 is 1. The van der Waals surface area contributed by atoms with E-state index >= 15 is 0 Å². The molecule has 0 N–H and O–H groups in total. The number of carbonyl (C=O) groups is 3. The summed E-state index contributed by atoms with van der Waals surface area (Å²) in [5.74, 6) is -0.554. The van der Waals surface area contributed by atoms with Gasteiger partial charge in [-0.25, -0.2) is 0 Å². The molecule has 1 aromatic rings. The quantitative estimate of drug-likeness (QED) is 0.779. The maximum Gasteiger partial charge on any atom is 0.295 e. The lowest BCUT2D eigenvalue weighted by atomic mass is 9.81. The van der Waals surface area contributed by atoms with Crippen LogP contribution in [-0.2, 0) is 19.0 Å². The first-order valence-electron chi connectivity index (χ1n) is 6.36. The zero-order valence-corrected chi connectivity index (χ0v) is 11.2. The van der Waals surface area contributed by atoms with E-state index in [9.17, 15) is 14.4 Å². The van der Waals surface area contributed by atoms with Crippen LogP contribution >= 0.6 is 0 Å². The van der Waals surface area contributed by atoms with Gasteiger partial charge in [-0.15, -0.1) is 0 Å². The maximum atomic E-state index is 12.5. The molecule has 0 spiro atoms. The second-order valence-corrected chi connectivity index (χ2v) is 4.67. The summed E-state index contributed by atoms with van der Waals surface area (Å²) in [6.07, 6.45) is -1.93. The third-order valence-corrected chi connectivity index (χ3v) is 3.56. The largest absolute Gasteiger partial charge is 0.437 e. The minimum atomic E-state index is -1.02. The highest BCUT2D eigenvalue weighted by atomic mass is 16.8. The summed E-state index contributed by atoms with van der Waals surface area (Å²) in [7, 11) is 1.36. The molecule has 21 heavy (non-hydrogen) atoms. The fraction of sp³-hybridized carbons (Fsp3) is 0.267. The number of ketones is 2. The van der Waals surface area contributed by atoms with Crippen LogP contribution < -0.4 is 0 Å². The number of benzene rings is 1. The molecule has 2 atom stereocenters. The third-order valence-electron chi connectivity index (χ3n) is 3.56. The summed E-state index contributed by atoms with van der Waals surface area (Å²) in [4.78, 5) is 35.6. The predicted molar refractivity (Wildman–Crippen MR) is 69.6 cm³/mol. The Morgan fingerprint density at radius 1 is 1.19 bits per heavy atom. The summed E-state index contributed by atoms with van der Waals surface area (Å²) in [6.45, 7) is 0.242. The molecule has 0 aromatic heterocycles. The van der Waals surface area contributed by atoms with Gasteiger partial charge in [-0.1, -0.05) is 24.3 Å². The minimum absolute atomic E-state index is 0.0346. The van der Waals surface area contributed by atoms with Crippen molar-refractivity contribution in [1.82, 2.24) is 0 Å². The van der Waals surface area contributed by atoms with Crippen LogP contribution in [0.4, 0.5) is 0 Å². The van der Waals surface area contributed by atoms with Gasteiger partial charge in [0.05, 0.1) is 5.57 Å². The number of rotatable bonds is 3. The fourth-order valence-electron chi connectivity index (χ4n) is 2.63. The third kappa shape index (κ3) is 2.09. The van der Waals surface area contributed by atoms with Crippen molar-refractivity contribution in [2.45, 2.75) is 19.0 Å². The van der Waals surface area contributed by atoms with E-state index in [1.54, 1.807) is 24.3 Å². The monoisotopic (exact) mass is 288 g/mol. The van der Waals surface area contributed by atoms with Crippen molar-refractivity contribution in [2.24, 2.45) is 0 Å². The molecule has 0 amide bonds. The first-order valence-corrected chi connectivity index (χ1v) is 6.36. The molecule has 6 nitrogen and oxygen atoms in total. The number of hydrogen-bond acceptors (Lipinski definition) is 6. The zero-order chi connectivity index (χ0) is 15.0. The van der Waals surface area contributed by atoms with Crippen LogP contribution in [0.2, 0.25) is 0 Å². The highest BCUT2D eigenvalue weighted by Crippen LogP contribution is 2.36. The molecule has 0 bridgehead atoms. The topological polar surface area (TPSA) is 78.9 Å². The highest BCUT2D eigenvalue weighted by Gasteiger charge is 2.42. The Bertz CT molecular complexity index is 660. The lowest BCUT2D eigenvalue weighted by Crippen LogP contribution is -2.40. The molecule has 0 fully saturated rings. The molecule has 0 radical (unpaired) electrons. The molecule has 0 saturated heterocycles. The number of ether oxygens (including phenoxy) is 3. The van der Waals surface area contributed by atoms with Gasteiger partial charge in [0.25, 0.3) is 6.47 Å². The predicted octanol–water partition coefficient (Wildman–Crippen LogP) is 1.25. The summed E-state index contributed by atoms with van der Waals surface area (Å²) < 4.78 is 15.2. The van der Waals surface area contributed by atoms with Crippen molar-refractivity contribution >= 4 is 18.0 Å². The van der Waals surface area contributed by atoms with Gasteiger partial charge in [-0.3, -0.25) is 14.4 Å². The molecular formula is C15H12O6. The van der Waals surface area contributed by atoms with Crippen molar-refractivity contribution < 1.29 is 28.6 Å². The molecule has 2 aliphatic rings. The number of fused-ring (bicyclic) bond motifs is 1. The minimum Gasteiger partial charge on any atom is -0.437 e. The molecule has 2 unspecified atom stereocenters. The maximum absolute atomic E-state index is 12.5. The second-order valence-electron chi connectivity index (χ2n) is 4.67. The van der Waals surface area contributed by atoms with E-state index < -0.39 is 12.6 Å². The van der Waals surface area contributed by atoms with Crippen LogP contribution in [-0.4, -0.2) is 37.7 Å². The van der Waals surface area contributed by atoms with Crippen LogP contribution in [0.3, 0.4) is 0 Å². The van der Waals surface area contributed by atoms with Gasteiger partial charge in [-0.05, 0) is 0 Å². The van der Waals surface area contributed by atoms with E-state index in [4.69, 9.17) is 14.2 Å². The molecule has 1 aliphatic carbocycles. The first-order chi connectivity index (χ1) is 10.2. The van der Waals surface area contributed by atoms with Gasteiger partial charge in [-0.2, -0.15) is 0 Å². The fourth-order valence-corrected chi connectivity index (χ4v) is 2.63. The van der Waals surface area contributed by atoms with E-state index in [-0.39, 0.29) is 35.6 Å². The Hall–Kier alpha value is -2.31. The average Bonchev–Trinajstić information content (AvgIpc) is 2.52. The Balaban J connectivity index is 2.10. The van der Waals surface area contributed by atoms with Crippen molar-refractivity contribution in [3.8, 4) is 0 Å². The molecule has 1 aromatic carbocycles. The first kappa shape index (κ1) is 13.7. The summed E-state index contributed by atoms with van der Waals surface area (Å²) in [6, 6.07) is 6.59. The Kier molecular flexibility index (Phi) is 3.40. The molecule has 6 heteroatoms. The standard InChI is InChI=1S/C15H12O6/c1-19-15-12-10(6-11(21-15)20-7-16)13(17)8-4-2-3-5-9(8)14(12)18/h2-5,7,11,15H,6H2,1H3. The normalized spacial score (nSPS) is 24.4. The molecule has 1 aliphatic heterocycles. The molecule has 108 valence electrons. The second kappa shape index (κ2) is 5.23. The van der Waals surface area contributed by atoms with Gasteiger partial charge in [0.15, 0.2) is 17.9 Å². The van der Waals surface area contributed by atoms with Crippen LogP contribution in [0.1, 0.15) is 27.1 Å². The summed E-state index contributed by atoms with van der Waals surface area (Å²) in [5, 5.41) is 0. The average molecular weight is 288 g/mol. The van der Waals surface area contributed by atoms with Gasteiger partial charge in [0, 0.05) is 30.2 Å². The SMILES string of the molecule is COC1OC(OC=O)CC2=C1C(=O)c1ccccc1C2=O. The Morgan fingerprint density at radius 2 is 1.86 bits per heavy atom. The van der Waals surface area contributed by atoms with E-state index in [1.165, 1.54) is 7.11 Å². The van der Waals surface area contributed by atoms with Crippen LogP contribution in [0, 0.1) is 0 Å². The zero-order valence-electron chi connectivity index (χ0n) is 11.2. The highest BCUT2D eigenvalue weighted by molar-refractivity contribution is 6.27. The van der Waals surface area contributed by atoms with Gasteiger partial charge < -0.3 is 14.2 Å². The number of hydrogen-bond donors (Lipinski definition) is 0. The number of carbonyl (C=O) groups excluding carboxylic acids is 3. The van der Waals surface area contributed by atoms with Gasteiger partial charge in [0.2, 0.25) is 6.29 Å². The summed E-state index contributed by atoms with van der Waals surface area (Å²) >= 11 is 0. The Morgan fingerprint density at radius 3 is 2.48 bits per heavy atom. The van der Waals surface area contributed by atoms with E-state index in [2.05, 4.69) is 0 Å². The lowest BCUT2D eigenvalue weighted by molar-refractivity contribution is -0.219. The van der Waals surface area contributed by atoms with Gasteiger partial charge >= 0.3 is 0 Å². The van der Waals surface area contributed by atoms with Crippen LogP contribution in [0.15, 0.2) is 35.4 Å². The van der Waals surface area contributed by atoms with Crippen molar-refractivity contribution in [3.05, 3.63) is 46.5 Å². The molecule has 1 heterocycles. The van der Waals surface area contributed by atoms with E-state index in [0.29, 0.717) is 11.1 Å². The van der Waals surface area contributed by atoms with E-state index in [0.717, 1.165) is 0 Å². The molecular weight excluding hydrogens is 276 g/mol. The smallest absolute Gasteiger partial charge is 0.295 e. The lowest BCUT2D eigenvalue weighted by Gasteiger charge is -2.33. The van der Waals surface area contributed by atoms with Gasteiger partial charge in [0.1, 0.15) is 0 Å². The van der Waals surface area contributed by atoms with E-state index in [1.807, 2.05) is 0 Å². The van der Waals surface area contributed by atoms with Crippen molar-refractivity contribution in [2.75, 3.05) is 7.11 Å². The van der Waals surface area contributed by atoms with Crippen LogP contribution in [0.25, 0.3) is 0 Å². The molecule has 3 rings (SSSR count).